The van der Waals surface area contributed by atoms with Gasteiger partial charge in [0, 0.05) is 16.1 Å². The fourth-order valence-electron chi connectivity index (χ4n) is 4.53. The summed E-state index contributed by atoms with van der Waals surface area (Å²) >= 11 is 6.09. The summed E-state index contributed by atoms with van der Waals surface area (Å²) in [6.07, 6.45) is 2.18. The Balaban J connectivity index is 1.31. The summed E-state index contributed by atoms with van der Waals surface area (Å²) in [5.74, 6) is 0.895. The largest absolute Gasteiger partial charge is 0.487 e. The minimum absolute atomic E-state index is 0.159. The lowest BCUT2D eigenvalue weighted by atomic mass is 9.78. The lowest BCUT2D eigenvalue weighted by Crippen LogP contribution is -2.22. The number of ether oxygens (including phenoxy) is 1. The third kappa shape index (κ3) is 4.43. The Morgan fingerprint density at radius 1 is 1.03 bits per heavy atom. The molecular weight excluding hydrogens is 420 g/mol. The zero-order valence-electron chi connectivity index (χ0n) is 17.7. The van der Waals surface area contributed by atoms with Crippen molar-refractivity contribution in [3.05, 3.63) is 100 Å². The third-order valence-corrected chi connectivity index (χ3v) is 6.45. The van der Waals surface area contributed by atoms with Gasteiger partial charge in [0.15, 0.2) is 0 Å². The van der Waals surface area contributed by atoms with Crippen molar-refractivity contribution in [1.29, 1.82) is 0 Å². The van der Waals surface area contributed by atoms with E-state index in [-0.39, 0.29) is 5.92 Å². The van der Waals surface area contributed by atoms with E-state index in [9.17, 15) is 5.11 Å². The maximum absolute atomic E-state index is 11.1. The molecule has 4 aromatic rings. The van der Waals surface area contributed by atoms with Crippen LogP contribution in [0.4, 0.5) is 5.69 Å². The van der Waals surface area contributed by atoms with E-state index in [0.29, 0.717) is 11.6 Å². The number of rotatable bonds is 5. The van der Waals surface area contributed by atoms with E-state index in [1.807, 2.05) is 60.7 Å². The molecular formula is C27H25ClN2O2. The van der Waals surface area contributed by atoms with Crippen LogP contribution >= 0.6 is 11.6 Å². The molecule has 162 valence electrons. The predicted octanol–water partition coefficient (Wildman–Crippen LogP) is 5.89. The molecule has 1 aliphatic rings. The Labute approximate surface area is 192 Å². The molecule has 0 bridgehead atoms. The number of anilines is 1. The Bertz CT molecular complexity index is 1270. The van der Waals surface area contributed by atoms with Crippen LogP contribution in [0.15, 0.2) is 72.8 Å². The van der Waals surface area contributed by atoms with Crippen molar-refractivity contribution in [2.45, 2.75) is 32.0 Å². The normalized spacial score (nSPS) is 17.8. The lowest BCUT2D eigenvalue weighted by Gasteiger charge is -2.30. The third-order valence-electron chi connectivity index (χ3n) is 6.21. The number of aromatic nitrogens is 1. The highest BCUT2D eigenvalue weighted by Gasteiger charge is 2.28. The summed E-state index contributed by atoms with van der Waals surface area (Å²) < 4.78 is 6.03. The molecule has 0 saturated heterocycles. The molecule has 0 saturated carbocycles. The van der Waals surface area contributed by atoms with E-state index < -0.39 is 6.10 Å². The van der Waals surface area contributed by atoms with Gasteiger partial charge in [0.1, 0.15) is 12.4 Å². The Hall–Kier alpha value is -3.08. The van der Waals surface area contributed by atoms with Gasteiger partial charge in [0.05, 0.1) is 17.3 Å². The molecule has 3 aromatic carbocycles. The number of halogens is 1. The predicted molar refractivity (Wildman–Crippen MR) is 129 cm³/mol. The molecule has 5 heteroatoms. The number of pyridine rings is 1. The average Bonchev–Trinajstić information content (AvgIpc) is 2.79. The van der Waals surface area contributed by atoms with Crippen molar-refractivity contribution < 1.29 is 9.84 Å². The van der Waals surface area contributed by atoms with Crippen molar-refractivity contribution in [2.24, 2.45) is 5.92 Å². The molecule has 5 rings (SSSR count). The van der Waals surface area contributed by atoms with Crippen LogP contribution in [0.3, 0.4) is 0 Å². The number of hydrogen-bond acceptors (Lipinski definition) is 4. The summed E-state index contributed by atoms with van der Waals surface area (Å²) in [7, 11) is 0. The Morgan fingerprint density at radius 2 is 1.91 bits per heavy atom. The zero-order chi connectivity index (χ0) is 22.1. The lowest BCUT2D eigenvalue weighted by molar-refractivity contribution is 0.0932. The topological polar surface area (TPSA) is 68.4 Å². The van der Waals surface area contributed by atoms with E-state index in [2.05, 4.69) is 17.1 Å². The summed E-state index contributed by atoms with van der Waals surface area (Å²) in [6, 6.07) is 23.6. The maximum atomic E-state index is 11.1. The van der Waals surface area contributed by atoms with Crippen LogP contribution in [-0.4, -0.2) is 10.1 Å². The molecule has 32 heavy (non-hydrogen) atoms. The first-order valence-corrected chi connectivity index (χ1v) is 11.3. The van der Waals surface area contributed by atoms with Crippen LogP contribution in [0, 0.1) is 5.92 Å². The fraction of sp³-hybridized carbons (Fsp3) is 0.222. The van der Waals surface area contributed by atoms with E-state index in [0.717, 1.165) is 58.4 Å². The first-order valence-electron chi connectivity index (χ1n) is 10.9. The average molecular weight is 445 g/mol. The minimum Gasteiger partial charge on any atom is -0.487 e. The summed E-state index contributed by atoms with van der Waals surface area (Å²) in [4.78, 5) is 4.65. The molecule has 2 unspecified atom stereocenters. The van der Waals surface area contributed by atoms with Gasteiger partial charge >= 0.3 is 0 Å². The van der Waals surface area contributed by atoms with Crippen LogP contribution in [0.1, 0.15) is 34.9 Å². The van der Waals surface area contributed by atoms with E-state index >= 15 is 0 Å². The van der Waals surface area contributed by atoms with Crippen LogP contribution < -0.4 is 10.5 Å². The maximum Gasteiger partial charge on any atom is 0.130 e. The number of fused-ring (bicyclic) bond motifs is 2. The molecule has 3 N–H and O–H groups in total. The van der Waals surface area contributed by atoms with Crippen molar-refractivity contribution in [1.82, 2.24) is 4.98 Å². The van der Waals surface area contributed by atoms with Gasteiger partial charge < -0.3 is 15.6 Å². The minimum atomic E-state index is -0.523. The molecule has 0 amide bonds. The van der Waals surface area contributed by atoms with E-state index in [1.165, 1.54) is 5.56 Å². The van der Waals surface area contributed by atoms with Gasteiger partial charge in [0.2, 0.25) is 0 Å². The monoisotopic (exact) mass is 444 g/mol. The highest BCUT2D eigenvalue weighted by Crippen LogP contribution is 2.38. The van der Waals surface area contributed by atoms with Gasteiger partial charge in [-0.15, -0.1) is 0 Å². The Kier molecular flexibility index (Phi) is 5.73. The standard InChI is InChI=1S/C27H25ClN2O2/c28-21-9-6-19-7-10-23(30-26(19)14-21)16-32-24-11-8-18-4-5-20(27(31)25(18)15-24)12-17-2-1-3-22(29)13-17/h1-3,6-11,13-15,20,27,31H,4-5,12,16,29H2. The Morgan fingerprint density at radius 3 is 2.78 bits per heavy atom. The summed E-state index contributed by atoms with van der Waals surface area (Å²) in [5.41, 5.74) is 11.7. The second-order valence-electron chi connectivity index (χ2n) is 8.48. The first-order chi connectivity index (χ1) is 15.5. The van der Waals surface area contributed by atoms with Gasteiger partial charge in [-0.25, -0.2) is 4.98 Å². The highest BCUT2D eigenvalue weighted by atomic mass is 35.5. The van der Waals surface area contributed by atoms with Gasteiger partial charge in [-0.2, -0.15) is 0 Å². The number of aliphatic hydroxyl groups is 1. The smallest absolute Gasteiger partial charge is 0.130 e. The van der Waals surface area contributed by atoms with Crippen molar-refractivity contribution in [3.8, 4) is 5.75 Å². The van der Waals surface area contributed by atoms with Crippen molar-refractivity contribution >= 4 is 28.2 Å². The summed E-state index contributed by atoms with van der Waals surface area (Å²) in [5, 5.41) is 12.8. The fourth-order valence-corrected chi connectivity index (χ4v) is 4.69. The van der Waals surface area contributed by atoms with E-state index in [4.69, 9.17) is 22.1 Å². The van der Waals surface area contributed by atoms with Crippen molar-refractivity contribution in [2.75, 3.05) is 5.73 Å². The second-order valence-corrected chi connectivity index (χ2v) is 8.92. The highest BCUT2D eigenvalue weighted by molar-refractivity contribution is 6.31. The van der Waals surface area contributed by atoms with Gasteiger partial charge in [-0.1, -0.05) is 41.9 Å². The SMILES string of the molecule is Nc1cccc(CC2CCc3ccc(OCc4ccc5ccc(Cl)cc5n4)cc3C2O)c1. The zero-order valence-corrected chi connectivity index (χ0v) is 18.4. The molecule has 1 heterocycles. The van der Waals surface area contributed by atoms with Crippen LogP contribution in [0.25, 0.3) is 10.9 Å². The quantitative estimate of drug-likeness (QED) is 0.377. The van der Waals surface area contributed by atoms with Gasteiger partial charge in [-0.05, 0) is 84.3 Å². The van der Waals surface area contributed by atoms with Gasteiger partial charge in [0.25, 0.3) is 0 Å². The first kappa shape index (κ1) is 20.8. The number of aryl methyl sites for hydroxylation is 1. The number of nitrogens with two attached hydrogens (primary N) is 1. The molecule has 1 aromatic heterocycles. The molecule has 0 fully saturated rings. The number of benzene rings is 3. The van der Waals surface area contributed by atoms with Crippen LogP contribution in [0.2, 0.25) is 5.02 Å². The second kappa shape index (κ2) is 8.81. The van der Waals surface area contributed by atoms with E-state index in [1.54, 1.807) is 0 Å². The summed E-state index contributed by atoms with van der Waals surface area (Å²) in [6.45, 7) is 0.351. The van der Waals surface area contributed by atoms with Gasteiger partial charge in [-0.3, -0.25) is 0 Å². The number of nitrogen functional groups attached to an aromatic ring is 1. The van der Waals surface area contributed by atoms with Crippen LogP contribution in [-0.2, 0) is 19.4 Å². The molecule has 0 radical (unpaired) electrons. The van der Waals surface area contributed by atoms with Crippen LogP contribution in [0.5, 0.6) is 5.75 Å². The molecule has 4 nitrogen and oxygen atoms in total. The number of nitrogens with zero attached hydrogens (tertiary/aromatic N) is 1. The number of hydrogen-bond donors (Lipinski definition) is 2. The molecule has 2 atom stereocenters. The molecule has 1 aliphatic carbocycles. The molecule has 0 aliphatic heterocycles. The van der Waals surface area contributed by atoms with Crippen molar-refractivity contribution in [3.63, 3.8) is 0 Å². The molecule has 0 spiro atoms. The number of aliphatic hydroxyl groups excluding tert-OH is 1.